The number of nitrogens with zero attached hydrogens (tertiary/aromatic N) is 2. The molecular weight excluding hydrogens is 581 g/mol. The highest BCUT2D eigenvalue weighted by Crippen LogP contribution is 2.27. The summed E-state index contributed by atoms with van der Waals surface area (Å²) in [5.74, 6) is -0.809. The first-order chi connectivity index (χ1) is 20.1. The Labute approximate surface area is 251 Å². The number of ether oxygens (including phenoxy) is 1. The van der Waals surface area contributed by atoms with Crippen LogP contribution in [0.3, 0.4) is 0 Å². The number of rotatable bonds is 12. The summed E-state index contributed by atoms with van der Waals surface area (Å²) in [7, 11) is -4.23. The lowest BCUT2D eigenvalue weighted by molar-refractivity contribution is -0.139. The third kappa shape index (κ3) is 7.80. The summed E-state index contributed by atoms with van der Waals surface area (Å²) >= 11 is 6.00. The largest absolute Gasteiger partial charge is 0.494 e. The van der Waals surface area contributed by atoms with E-state index in [0.29, 0.717) is 22.9 Å². The minimum absolute atomic E-state index is 0.0174. The molecule has 3 aromatic rings. The average Bonchev–Trinajstić information content (AvgIpc) is 3.49. The van der Waals surface area contributed by atoms with Gasteiger partial charge in [-0.2, -0.15) is 0 Å². The minimum Gasteiger partial charge on any atom is -0.494 e. The van der Waals surface area contributed by atoms with E-state index in [-0.39, 0.29) is 29.1 Å². The molecule has 3 aromatic carbocycles. The Kier molecular flexibility index (Phi) is 10.5. The number of nitrogens with one attached hydrogen (secondary N) is 1. The van der Waals surface area contributed by atoms with Crippen molar-refractivity contribution in [3.63, 3.8) is 0 Å². The van der Waals surface area contributed by atoms with E-state index in [2.05, 4.69) is 5.32 Å². The van der Waals surface area contributed by atoms with Crippen molar-refractivity contribution in [2.75, 3.05) is 17.5 Å². The van der Waals surface area contributed by atoms with Gasteiger partial charge in [-0.3, -0.25) is 13.9 Å². The number of benzene rings is 3. The Hall–Kier alpha value is -3.63. The number of carbonyl (C=O) groups excluding carboxylic acids is 2. The van der Waals surface area contributed by atoms with Crippen molar-refractivity contribution in [1.29, 1.82) is 0 Å². The SMILES string of the molecule is CCOc1ccc(N(CC(=O)N(Cc2ccc(F)cc2)[C@@H](C)C(=O)NC2CCCC2)S(=O)(=O)c2ccc(Cl)cc2)cc1. The highest BCUT2D eigenvalue weighted by Gasteiger charge is 2.33. The summed E-state index contributed by atoms with van der Waals surface area (Å²) in [6, 6.07) is 16.8. The second kappa shape index (κ2) is 14.0. The van der Waals surface area contributed by atoms with Gasteiger partial charge in [0.1, 0.15) is 24.2 Å². The van der Waals surface area contributed by atoms with Crippen molar-refractivity contribution in [1.82, 2.24) is 10.2 Å². The van der Waals surface area contributed by atoms with Crippen LogP contribution in [0.15, 0.2) is 77.7 Å². The molecule has 1 aliphatic carbocycles. The van der Waals surface area contributed by atoms with Crippen molar-refractivity contribution < 1.29 is 27.1 Å². The molecule has 4 rings (SSSR count). The predicted molar refractivity (Wildman–Crippen MR) is 160 cm³/mol. The molecule has 224 valence electrons. The van der Waals surface area contributed by atoms with Gasteiger partial charge in [0.05, 0.1) is 17.2 Å². The Balaban J connectivity index is 1.68. The Morgan fingerprint density at radius 2 is 1.62 bits per heavy atom. The van der Waals surface area contributed by atoms with Crippen LogP contribution in [-0.2, 0) is 26.2 Å². The van der Waals surface area contributed by atoms with Gasteiger partial charge in [-0.15, -0.1) is 0 Å². The third-order valence-corrected chi connectivity index (χ3v) is 9.29. The molecule has 42 heavy (non-hydrogen) atoms. The molecule has 1 aliphatic rings. The van der Waals surface area contributed by atoms with Gasteiger partial charge in [-0.1, -0.05) is 36.6 Å². The summed E-state index contributed by atoms with van der Waals surface area (Å²) < 4.78 is 47.9. The summed E-state index contributed by atoms with van der Waals surface area (Å²) in [5, 5.41) is 3.39. The van der Waals surface area contributed by atoms with Crippen molar-refractivity contribution in [2.45, 2.75) is 63.1 Å². The number of carbonyl (C=O) groups is 2. The quantitative estimate of drug-likeness (QED) is 0.288. The lowest BCUT2D eigenvalue weighted by atomic mass is 10.1. The summed E-state index contributed by atoms with van der Waals surface area (Å²) in [5.41, 5.74) is 0.838. The third-order valence-electron chi connectivity index (χ3n) is 7.25. The Morgan fingerprint density at radius 3 is 2.21 bits per heavy atom. The molecule has 0 aliphatic heterocycles. The first kappa shape index (κ1) is 31.3. The van der Waals surface area contributed by atoms with Gasteiger partial charge < -0.3 is 15.0 Å². The summed E-state index contributed by atoms with van der Waals surface area (Å²) in [4.78, 5) is 28.6. The smallest absolute Gasteiger partial charge is 0.264 e. The highest BCUT2D eigenvalue weighted by molar-refractivity contribution is 7.92. The normalized spacial score (nSPS) is 14.3. The summed E-state index contributed by atoms with van der Waals surface area (Å²) in [6.07, 6.45) is 3.79. The zero-order valence-corrected chi connectivity index (χ0v) is 25.2. The standard InChI is InChI=1S/C31H35ClFN3O5S/c1-3-41-28-16-14-27(15-17-28)36(42(39,40)29-18-10-24(32)11-19-29)21-30(37)35(20-23-8-12-25(33)13-9-23)22(2)31(38)34-26-6-4-5-7-26/h8-19,22,26H,3-7,20-21H2,1-2H3,(H,34,38)/t22-/m0/s1. The molecule has 0 saturated heterocycles. The number of halogens is 2. The molecule has 1 N–H and O–H groups in total. The highest BCUT2D eigenvalue weighted by atomic mass is 35.5. The van der Waals surface area contributed by atoms with Crippen LogP contribution in [0.2, 0.25) is 5.02 Å². The number of hydrogen-bond acceptors (Lipinski definition) is 5. The van der Waals surface area contributed by atoms with Crippen molar-refractivity contribution >= 4 is 39.1 Å². The Bertz CT molecular complexity index is 1460. The molecule has 1 fully saturated rings. The molecule has 1 atom stereocenters. The monoisotopic (exact) mass is 615 g/mol. The minimum atomic E-state index is -4.23. The molecule has 2 amide bonds. The fourth-order valence-electron chi connectivity index (χ4n) is 4.90. The maximum Gasteiger partial charge on any atom is 0.264 e. The Morgan fingerprint density at radius 1 is 1.00 bits per heavy atom. The van der Waals surface area contributed by atoms with Gasteiger partial charge in [0.25, 0.3) is 10.0 Å². The van der Waals surface area contributed by atoms with Gasteiger partial charge in [-0.05, 0) is 92.9 Å². The molecule has 0 heterocycles. The lowest BCUT2D eigenvalue weighted by Gasteiger charge is -2.32. The van der Waals surface area contributed by atoms with E-state index in [9.17, 15) is 22.4 Å². The van der Waals surface area contributed by atoms with E-state index in [1.165, 1.54) is 53.4 Å². The maximum atomic E-state index is 14.0. The topological polar surface area (TPSA) is 96.0 Å². The molecule has 11 heteroatoms. The van der Waals surface area contributed by atoms with Gasteiger partial charge in [0.15, 0.2) is 0 Å². The molecule has 0 unspecified atom stereocenters. The molecule has 0 radical (unpaired) electrons. The number of amides is 2. The zero-order valence-electron chi connectivity index (χ0n) is 23.6. The molecule has 0 bridgehead atoms. The van der Waals surface area contributed by atoms with Crippen molar-refractivity contribution in [3.05, 3.63) is 89.2 Å². The summed E-state index contributed by atoms with van der Waals surface area (Å²) in [6.45, 7) is 3.28. The van der Waals surface area contributed by atoms with Gasteiger partial charge in [0, 0.05) is 17.6 Å². The number of sulfonamides is 1. The van der Waals surface area contributed by atoms with E-state index < -0.39 is 34.3 Å². The van der Waals surface area contributed by atoms with Crippen LogP contribution in [-0.4, -0.2) is 50.4 Å². The van der Waals surface area contributed by atoms with Crippen molar-refractivity contribution in [2.24, 2.45) is 0 Å². The first-order valence-electron chi connectivity index (χ1n) is 13.9. The molecule has 0 spiro atoms. The van der Waals surface area contributed by atoms with E-state index in [1.54, 1.807) is 31.2 Å². The van der Waals surface area contributed by atoms with E-state index >= 15 is 0 Å². The van der Waals surface area contributed by atoms with E-state index in [1.807, 2.05) is 6.92 Å². The van der Waals surface area contributed by atoms with Gasteiger partial charge >= 0.3 is 0 Å². The van der Waals surface area contributed by atoms with Crippen LogP contribution in [0.5, 0.6) is 5.75 Å². The maximum absolute atomic E-state index is 14.0. The van der Waals surface area contributed by atoms with Crippen LogP contribution in [0.25, 0.3) is 0 Å². The van der Waals surface area contributed by atoms with Gasteiger partial charge in [0.2, 0.25) is 11.8 Å². The fraction of sp³-hybridized carbons (Fsp3) is 0.355. The van der Waals surface area contributed by atoms with Crippen molar-refractivity contribution in [3.8, 4) is 5.75 Å². The first-order valence-corrected chi connectivity index (χ1v) is 15.8. The molecular formula is C31H35ClFN3O5S. The van der Waals surface area contributed by atoms with Crippen LogP contribution < -0.4 is 14.4 Å². The number of anilines is 1. The average molecular weight is 616 g/mol. The fourth-order valence-corrected chi connectivity index (χ4v) is 6.44. The second-order valence-electron chi connectivity index (χ2n) is 10.2. The molecule has 1 saturated carbocycles. The molecule has 0 aromatic heterocycles. The van der Waals surface area contributed by atoms with Crippen LogP contribution in [0, 0.1) is 5.82 Å². The van der Waals surface area contributed by atoms with Crippen LogP contribution >= 0.6 is 11.6 Å². The van der Waals surface area contributed by atoms with Gasteiger partial charge in [-0.25, -0.2) is 12.8 Å². The van der Waals surface area contributed by atoms with Crippen LogP contribution in [0.4, 0.5) is 10.1 Å². The van der Waals surface area contributed by atoms with E-state index in [4.69, 9.17) is 16.3 Å². The predicted octanol–water partition coefficient (Wildman–Crippen LogP) is 5.55. The second-order valence-corrected chi connectivity index (χ2v) is 12.5. The van der Waals surface area contributed by atoms with E-state index in [0.717, 1.165) is 30.0 Å². The zero-order chi connectivity index (χ0) is 30.3. The molecule has 8 nitrogen and oxygen atoms in total. The lowest BCUT2D eigenvalue weighted by Crippen LogP contribution is -2.52. The van der Waals surface area contributed by atoms with Crippen LogP contribution in [0.1, 0.15) is 45.1 Å². The number of hydrogen-bond donors (Lipinski definition) is 1.